The van der Waals surface area contributed by atoms with Crippen LogP contribution in [0.3, 0.4) is 0 Å². The monoisotopic (exact) mass is 158 g/mol. The number of hydrogen-bond donors (Lipinski definition) is 0. The SMILES string of the molecule is Fc1ccc(F)c(F)c1.[H-].[H-].[Mg+2]. The summed E-state index contributed by atoms with van der Waals surface area (Å²) in [5.41, 5.74) is 0. The predicted octanol–water partition coefficient (Wildman–Crippen LogP) is 1.95. The van der Waals surface area contributed by atoms with Crippen LogP contribution in [0.25, 0.3) is 0 Å². The third-order valence-corrected chi connectivity index (χ3v) is 0.882. The standard InChI is InChI=1S/C6H3F3.Mg.2H/c7-4-1-2-5(8)6(9)3-4;;;/h1-3H;;;/q;+2;2*-1. The van der Waals surface area contributed by atoms with Crippen molar-refractivity contribution in [3.8, 4) is 0 Å². The predicted molar refractivity (Wildman–Crippen MR) is 34.3 cm³/mol. The first-order chi connectivity index (χ1) is 4.20. The van der Waals surface area contributed by atoms with Crippen LogP contribution in [0.1, 0.15) is 2.85 Å². The van der Waals surface area contributed by atoms with E-state index in [0.29, 0.717) is 6.07 Å². The Kier molecular flexibility index (Phi) is 3.74. The molecule has 0 spiro atoms. The molecule has 0 bridgehead atoms. The molecule has 0 unspecified atom stereocenters. The Hall–Kier alpha value is -0.224. The van der Waals surface area contributed by atoms with Crippen LogP contribution < -0.4 is 0 Å². The van der Waals surface area contributed by atoms with E-state index in [0.717, 1.165) is 12.1 Å². The van der Waals surface area contributed by atoms with Crippen molar-refractivity contribution in [2.45, 2.75) is 0 Å². The minimum absolute atomic E-state index is 0. The molecule has 0 saturated heterocycles. The van der Waals surface area contributed by atoms with Crippen molar-refractivity contribution in [2.24, 2.45) is 0 Å². The van der Waals surface area contributed by atoms with E-state index in [9.17, 15) is 13.2 Å². The van der Waals surface area contributed by atoms with Gasteiger partial charge in [0.2, 0.25) is 0 Å². The second kappa shape index (κ2) is 3.83. The zero-order valence-electron chi connectivity index (χ0n) is 7.07. The molecule has 0 nitrogen and oxygen atoms in total. The van der Waals surface area contributed by atoms with E-state index >= 15 is 0 Å². The number of rotatable bonds is 0. The van der Waals surface area contributed by atoms with Gasteiger partial charge in [0.15, 0.2) is 11.6 Å². The molecule has 1 aromatic carbocycles. The second-order valence-electron chi connectivity index (χ2n) is 1.56. The molecule has 0 aromatic heterocycles. The van der Waals surface area contributed by atoms with Crippen molar-refractivity contribution in [1.82, 2.24) is 0 Å². The fraction of sp³-hybridized carbons (Fsp3) is 0. The van der Waals surface area contributed by atoms with Crippen LogP contribution in [-0.4, -0.2) is 23.1 Å². The van der Waals surface area contributed by atoms with Gasteiger partial charge in [0, 0.05) is 6.07 Å². The van der Waals surface area contributed by atoms with Crippen LogP contribution in [0.5, 0.6) is 0 Å². The van der Waals surface area contributed by atoms with E-state index < -0.39 is 17.5 Å². The Bertz CT molecular complexity index is 232. The molecular formula is C6H5F3Mg. The van der Waals surface area contributed by atoms with Gasteiger partial charge in [-0.2, -0.15) is 0 Å². The summed E-state index contributed by atoms with van der Waals surface area (Å²) in [4.78, 5) is 0. The minimum Gasteiger partial charge on any atom is -1.00 e. The summed E-state index contributed by atoms with van der Waals surface area (Å²) in [6, 6.07) is 2.10. The molecule has 0 aliphatic heterocycles. The normalized spacial score (nSPS) is 8.70. The van der Waals surface area contributed by atoms with Crippen LogP contribution >= 0.6 is 0 Å². The van der Waals surface area contributed by atoms with E-state index in [1.807, 2.05) is 0 Å². The summed E-state index contributed by atoms with van der Waals surface area (Å²) in [6.07, 6.45) is 0. The van der Waals surface area contributed by atoms with Gasteiger partial charge in [0.05, 0.1) is 0 Å². The van der Waals surface area contributed by atoms with Crippen LogP contribution in [0.2, 0.25) is 0 Å². The maximum Gasteiger partial charge on any atom is 2.00 e. The molecule has 1 rings (SSSR count). The van der Waals surface area contributed by atoms with Crippen molar-refractivity contribution < 1.29 is 16.0 Å². The number of halogens is 3. The summed E-state index contributed by atoms with van der Waals surface area (Å²) in [6.45, 7) is 0. The summed E-state index contributed by atoms with van der Waals surface area (Å²) in [5, 5.41) is 0. The average molecular weight is 158 g/mol. The molecule has 0 radical (unpaired) electrons. The van der Waals surface area contributed by atoms with Gasteiger partial charge in [-0.1, -0.05) is 0 Å². The maximum absolute atomic E-state index is 12.0. The third kappa shape index (κ3) is 2.19. The van der Waals surface area contributed by atoms with Gasteiger partial charge in [0.1, 0.15) is 5.82 Å². The zero-order valence-corrected chi connectivity index (χ0v) is 6.49. The second-order valence-corrected chi connectivity index (χ2v) is 1.56. The molecule has 0 N–H and O–H groups in total. The maximum atomic E-state index is 12.0. The van der Waals surface area contributed by atoms with Gasteiger partial charge in [-0.25, -0.2) is 13.2 Å². The van der Waals surface area contributed by atoms with Gasteiger partial charge in [-0.05, 0) is 12.1 Å². The number of benzene rings is 1. The van der Waals surface area contributed by atoms with Gasteiger partial charge in [0.25, 0.3) is 0 Å². The van der Waals surface area contributed by atoms with E-state index in [4.69, 9.17) is 0 Å². The van der Waals surface area contributed by atoms with Crippen molar-refractivity contribution in [3.05, 3.63) is 35.7 Å². The molecule has 0 saturated carbocycles. The van der Waals surface area contributed by atoms with Crippen LogP contribution in [-0.2, 0) is 0 Å². The van der Waals surface area contributed by atoms with E-state index in [1.54, 1.807) is 0 Å². The molecule has 1 aromatic rings. The first-order valence-corrected chi connectivity index (χ1v) is 2.30. The van der Waals surface area contributed by atoms with Gasteiger partial charge < -0.3 is 2.85 Å². The van der Waals surface area contributed by atoms with Gasteiger partial charge in [-0.3, -0.25) is 0 Å². The van der Waals surface area contributed by atoms with E-state index in [1.165, 1.54) is 0 Å². The summed E-state index contributed by atoms with van der Waals surface area (Å²) < 4.78 is 35.9. The molecule has 0 amide bonds. The summed E-state index contributed by atoms with van der Waals surface area (Å²) >= 11 is 0. The molecule has 10 heavy (non-hydrogen) atoms. The summed E-state index contributed by atoms with van der Waals surface area (Å²) in [5.74, 6) is -2.96. The van der Waals surface area contributed by atoms with Crippen molar-refractivity contribution in [1.29, 1.82) is 0 Å². The smallest absolute Gasteiger partial charge is 1.00 e. The van der Waals surface area contributed by atoms with Gasteiger partial charge in [-0.15, -0.1) is 0 Å². The molecule has 0 heterocycles. The average Bonchev–Trinajstić information content (AvgIpc) is 1.80. The first kappa shape index (κ1) is 9.78. The third-order valence-electron chi connectivity index (χ3n) is 0.882. The van der Waals surface area contributed by atoms with Crippen molar-refractivity contribution >= 4 is 23.1 Å². The molecule has 0 atom stereocenters. The molecule has 0 aliphatic rings. The Morgan fingerprint density at radius 1 is 1.00 bits per heavy atom. The minimum atomic E-state index is -1.16. The van der Waals surface area contributed by atoms with Crippen LogP contribution in [0.4, 0.5) is 13.2 Å². The van der Waals surface area contributed by atoms with Gasteiger partial charge >= 0.3 is 23.1 Å². The quantitative estimate of drug-likeness (QED) is 0.400. The molecule has 52 valence electrons. The van der Waals surface area contributed by atoms with Crippen LogP contribution in [0.15, 0.2) is 18.2 Å². The number of hydrogen-bond acceptors (Lipinski definition) is 0. The fourth-order valence-corrected chi connectivity index (χ4v) is 0.470. The Morgan fingerprint density at radius 3 is 2.00 bits per heavy atom. The Labute approximate surface area is 75.2 Å². The molecular weight excluding hydrogens is 153 g/mol. The Morgan fingerprint density at radius 2 is 1.60 bits per heavy atom. The molecule has 0 aliphatic carbocycles. The van der Waals surface area contributed by atoms with Crippen LogP contribution in [0, 0.1) is 17.5 Å². The van der Waals surface area contributed by atoms with E-state index in [-0.39, 0.29) is 25.9 Å². The Balaban J connectivity index is -0.000000270. The molecule has 0 fully saturated rings. The first-order valence-electron chi connectivity index (χ1n) is 2.30. The largest absolute Gasteiger partial charge is 2.00 e. The fourth-order valence-electron chi connectivity index (χ4n) is 0.470. The van der Waals surface area contributed by atoms with Crippen molar-refractivity contribution in [3.63, 3.8) is 0 Å². The zero-order chi connectivity index (χ0) is 6.85. The summed E-state index contributed by atoms with van der Waals surface area (Å²) in [7, 11) is 0. The topological polar surface area (TPSA) is 0 Å². The van der Waals surface area contributed by atoms with E-state index in [2.05, 4.69) is 0 Å². The molecule has 4 heteroatoms. The van der Waals surface area contributed by atoms with Crippen molar-refractivity contribution in [2.75, 3.05) is 0 Å².